The van der Waals surface area contributed by atoms with Gasteiger partial charge in [0.15, 0.2) is 0 Å². The highest BCUT2D eigenvalue weighted by Crippen LogP contribution is 2.48. The maximum atomic E-state index is 8.93. The molecule has 0 radical (unpaired) electrons. The molecule has 0 aromatic carbocycles. The van der Waals surface area contributed by atoms with Gasteiger partial charge in [-0.3, -0.25) is 4.90 Å². The lowest BCUT2D eigenvalue weighted by molar-refractivity contribution is 0.252. The van der Waals surface area contributed by atoms with Gasteiger partial charge in [-0.1, -0.05) is 0 Å². The maximum Gasteiger partial charge on any atom is 0.0675 e. The molecule has 1 saturated carbocycles. The fourth-order valence-electron chi connectivity index (χ4n) is 3.36. The van der Waals surface area contributed by atoms with Crippen molar-refractivity contribution in [2.75, 3.05) is 13.1 Å². The molecule has 1 aliphatic carbocycles. The van der Waals surface area contributed by atoms with Crippen molar-refractivity contribution in [3.8, 4) is 6.07 Å². The SMILES string of the molecule is N#C[C@H]1[C@@H]2C[C@@H]3C[C@@H]1N(C3)C2. The normalized spacial score (nSPS) is 58.3. The molecule has 0 spiro atoms. The average molecular weight is 148 g/mol. The van der Waals surface area contributed by atoms with E-state index in [0.29, 0.717) is 12.0 Å². The van der Waals surface area contributed by atoms with E-state index in [2.05, 4.69) is 11.0 Å². The van der Waals surface area contributed by atoms with Crippen LogP contribution >= 0.6 is 0 Å². The highest BCUT2D eigenvalue weighted by Gasteiger charge is 2.52. The van der Waals surface area contributed by atoms with E-state index < -0.39 is 0 Å². The molecule has 0 aromatic rings. The van der Waals surface area contributed by atoms with Crippen LogP contribution in [-0.4, -0.2) is 24.0 Å². The van der Waals surface area contributed by atoms with Gasteiger partial charge in [0.25, 0.3) is 0 Å². The Morgan fingerprint density at radius 3 is 2.91 bits per heavy atom. The summed E-state index contributed by atoms with van der Waals surface area (Å²) in [5.74, 6) is 2.06. The second-order valence-corrected chi connectivity index (χ2v) is 4.27. The van der Waals surface area contributed by atoms with Gasteiger partial charge in [-0.05, 0) is 24.7 Å². The molecule has 3 aliphatic heterocycles. The summed E-state index contributed by atoms with van der Waals surface area (Å²) in [6.45, 7) is 2.51. The molecule has 0 aromatic heterocycles. The van der Waals surface area contributed by atoms with Gasteiger partial charge >= 0.3 is 0 Å². The summed E-state index contributed by atoms with van der Waals surface area (Å²) in [5, 5.41) is 8.93. The Balaban J connectivity index is 1.98. The quantitative estimate of drug-likeness (QED) is 0.509. The zero-order valence-electron chi connectivity index (χ0n) is 6.53. The Labute approximate surface area is 66.8 Å². The fourth-order valence-corrected chi connectivity index (χ4v) is 3.36. The van der Waals surface area contributed by atoms with Crippen LogP contribution in [0.5, 0.6) is 0 Å². The van der Waals surface area contributed by atoms with Crippen molar-refractivity contribution < 1.29 is 0 Å². The Bertz CT molecular complexity index is 226. The Hall–Kier alpha value is -0.550. The summed E-state index contributed by atoms with van der Waals surface area (Å²) in [6.07, 6.45) is 2.65. The Kier molecular flexibility index (Phi) is 0.976. The first kappa shape index (κ1) is 6.02. The van der Waals surface area contributed by atoms with Crippen LogP contribution < -0.4 is 0 Å². The number of nitriles is 1. The minimum absolute atomic E-state index is 0.383. The standard InChI is InChI=1S/C9H12N2/c10-3-8-7-1-6-2-9(8)11(4-6)5-7/h6-9H,1-2,4-5H2/t6-,7-,8+,9+/m1/s1. The zero-order valence-corrected chi connectivity index (χ0v) is 6.53. The summed E-state index contributed by atoms with van der Waals surface area (Å²) in [4.78, 5) is 2.53. The topological polar surface area (TPSA) is 27.0 Å². The van der Waals surface area contributed by atoms with E-state index in [9.17, 15) is 0 Å². The van der Waals surface area contributed by atoms with E-state index in [-0.39, 0.29) is 0 Å². The summed E-state index contributed by atoms with van der Waals surface area (Å²) in [5.41, 5.74) is 0. The summed E-state index contributed by atoms with van der Waals surface area (Å²) in [6, 6.07) is 3.14. The third kappa shape index (κ3) is 0.605. The van der Waals surface area contributed by atoms with Crippen molar-refractivity contribution in [1.82, 2.24) is 4.90 Å². The number of hydrogen-bond donors (Lipinski definition) is 0. The molecule has 3 saturated heterocycles. The highest BCUT2D eigenvalue weighted by atomic mass is 15.2. The second kappa shape index (κ2) is 1.78. The molecule has 2 nitrogen and oxygen atoms in total. The summed E-state index contributed by atoms with van der Waals surface area (Å²) < 4.78 is 0. The lowest BCUT2D eigenvalue weighted by atomic mass is 9.76. The summed E-state index contributed by atoms with van der Waals surface area (Å²) >= 11 is 0. The van der Waals surface area contributed by atoms with E-state index in [0.717, 1.165) is 11.8 Å². The molecule has 2 heteroatoms. The van der Waals surface area contributed by atoms with Crippen LogP contribution in [-0.2, 0) is 0 Å². The van der Waals surface area contributed by atoms with Crippen LogP contribution in [0.4, 0.5) is 0 Å². The van der Waals surface area contributed by atoms with Gasteiger partial charge in [0.1, 0.15) is 0 Å². The van der Waals surface area contributed by atoms with Crippen molar-refractivity contribution in [3.05, 3.63) is 0 Å². The molecule has 0 amide bonds. The van der Waals surface area contributed by atoms with Crippen molar-refractivity contribution in [2.24, 2.45) is 17.8 Å². The molecule has 4 fully saturated rings. The molecule has 3 heterocycles. The van der Waals surface area contributed by atoms with Gasteiger partial charge in [0.05, 0.1) is 12.0 Å². The average Bonchev–Trinajstić information content (AvgIpc) is 2.40. The van der Waals surface area contributed by atoms with Crippen molar-refractivity contribution in [2.45, 2.75) is 18.9 Å². The fraction of sp³-hybridized carbons (Fsp3) is 0.889. The van der Waals surface area contributed by atoms with Crippen LogP contribution in [0.15, 0.2) is 0 Å². The van der Waals surface area contributed by atoms with Crippen molar-refractivity contribution in [1.29, 1.82) is 5.26 Å². The second-order valence-electron chi connectivity index (χ2n) is 4.27. The number of hydrogen-bond acceptors (Lipinski definition) is 2. The van der Waals surface area contributed by atoms with Crippen molar-refractivity contribution >= 4 is 0 Å². The molecule has 58 valence electrons. The van der Waals surface area contributed by atoms with Crippen LogP contribution in [0.1, 0.15) is 12.8 Å². The molecular weight excluding hydrogens is 136 g/mol. The van der Waals surface area contributed by atoms with Gasteiger partial charge in [0, 0.05) is 19.1 Å². The number of piperidine rings is 1. The summed E-state index contributed by atoms with van der Waals surface area (Å²) in [7, 11) is 0. The van der Waals surface area contributed by atoms with E-state index in [1.807, 2.05) is 0 Å². The Morgan fingerprint density at radius 2 is 2.18 bits per heavy atom. The molecule has 4 bridgehead atoms. The van der Waals surface area contributed by atoms with Crippen LogP contribution in [0.3, 0.4) is 0 Å². The van der Waals surface area contributed by atoms with Crippen LogP contribution in [0.2, 0.25) is 0 Å². The molecular formula is C9H12N2. The lowest BCUT2D eigenvalue weighted by Gasteiger charge is -2.26. The first-order chi connectivity index (χ1) is 5.38. The zero-order chi connectivity index (χ0) is 7.42. The number of nitrogens with zero attached hydrogens (tertiary/aromatic N) is 2. The minimum Gasteiger partial charge on any atom is -0.298 e. The molecule has 5 atom stereocenters. The van der Waals surface area contributed by atoms with E-state index in [4.69, 9.17) is 5.26 Å². The minimum atomic E-state index is 0.383. The lowest BCUT2D eigenvalue weighted by Crippen LogP contribution is -2.27. The van der Waals surface area contributed by atoms with E-state index in [1.165, 1.54) is 25.9 Å². The third-order valence-electron chi connectivity index (χ3n) is 3.71. The predicted octanol–water partition coefficient (Wildman–Crippen LogP) is 0.850. The first-order valence-electron chi connectivity index (χ1n) is 4.52. The highest BCUT2D eigenvalue weighted by molar-refractivity contribution is 5.11. The Morgan fingerprint density at radius 1 is 1.27 bits per heavy atom. The van der Waals surface area contributed by atoms with Gasteiger partial charge in [-0.25, -0.2) is 0 Å². The predicted molar refractivity (Wildman–Crippen MR) is 40.7 cm³/mol. The third-order valence-corrected chi connectivity index (χ3v) is 3.71. The van der Waals surface area contributed by atoms with Crippen molar-refractivity contribution in [3.63, 3.8) is 0 Å². The first-order valence-corrected chi connectivity index (χ1v) is 4.52. The van der Waals surface area contributed by atoms with Crippen LogP contribution in [0, 0.1) is 29.1 Å². The molecule has 4 rings (SSSR count). The van der Waals surface area contributed by atoms with E-state index >= 15 is 0 Å². The smallest absolute Gasteiger partial charge is 0.0675 e. The number of rotatable bonds is 0. The molecule has 11 heavy (non-hydrogen) atoms. The van der Waals surface area contributed by atoms with Gasteiger partial charge in [-0.2, -0.15) is 5.26 Å². The van der Waals surface area contributed by atoms with Gasteiger partial charge in [0.2, 0.25) is 0 Å². The van der Waals surface area contributed by atoms with Gasteiger partial charge in [-0.15, -0.1) is 0 Å². The molecule has 0 N–H and O–H groups in total. The van der Waals surface area contributed by atoms with E-state index in [1.54, 1.807) is 0 Å². The monoisotopic (exact) mass is 148 g/mol. The van der Waals surface area contributed by atoms with Crippen LogP contribution in [0.25, 0.3) is 0 Å². The largest absolute Gasteiger partial charge is 0.298 e. The molecule has 4 aliphatic rings. The maximum absolute atomic E-state index is 8.93. The van der Waals surface area contributed by atoms with Gasteiger partial charge < -0.3 is 0 Å². The molecule has 1 unspecified atom stereocenters.